The Morgan fingerprint density at radius 1 is 1.32 bits per heavy atom. The van der Waals surface area contributed by atoms with Gasteiger partial charge in [0.2, 0.25) is 5.88 Å². The number of hydrazine groups is 1. The monoisotopic (exact) mass is 276 g/mol. The van der Waals surface area contributed by atoms with Gasteiger partial charge in [-0.3, -0.25) is 0 Å². The molecule has 1 heterocycles. The maximum atomic E-state index is 5.90. The van der Waals surface area contributed by atoms with Crippen LogP contribution in [0, 0.1) is 0 Å². The molecule has 1 aromatic carbocycles. The minimum Gasteiger partial charge on any atom is -0.437 e. The van der Waals surface area contributed by atoms with E-state index in [0.29, 0.717) is 11.7 Å². The number of para-hydroxylation sites is 1. The molecular weight excluding hydrogens is 260 g/mol. The van der Waals surface area contributed by atoms with Gasteiger partial charge in [0, 0.05) is 4.90 Å². The first-order valence-corrected chi connectivity index (χ1v) is 7.14. The molecule has 0 radical (unpaired) electrons. The number of hydrogen-bond acceptors (Lipinski definition) is 6. The number of nitrogens with zero attached hydrogens (tertiary/aromatic N) is 2. The second-order valence-electron chi connectivity index (χ2n) is 3.76. The van der Waals surface area contributed by atoms with Gasteiger partial charge in [-0.15, -0.1) is 11.8 Å². The van der Waals surface area contributed by atoms with E-state index in [1.54, 1.807) is 11.8 Å². The Bertz CT molecular complexity index is 562. The molecule has 0 saturated heterocycles. The summed E-state index contributed by atoms with van der Waals surface area (Å²) in [5, 5.41) is 0. The maximum Gasteiger partial charge on any atom is 0.227 e. The summed E-state index contributed by atoms with van der Waals surface area (Å²) in [5.41, 5.74) is 3.43. The molecule has 2 aromatic rings. The predicted octanol–water partition coefficient (Wildman–Crippen LogP) is 2.84. The van der Waals surface area contributed by atoms with Gasteiger partial charge >= 0.3 is 0 Å². The van der Waals surface area contributed by atoms with Crippen molar-refractivity contribution >= 4 is 17.6 Å². The molecule has 5 nitrogen and oxygen atoms in total. The van der Waals surface area contributed by atoms with Gasteiger partial charge in [-0.05, 0) is 24.8 Å². The fourth-order valence-corrected chi connectivity index (χ4v) is 2.26. The minimum atomic E-state index is 0.534. The maximum absolute atomic E-state index is 5.90. The number of ether oxygens (including phenoxy) is 1. The normalized spacial score (nSPS) is 10.3. The lowest BCUT2D eigenvalue weighted by Gasteiger charge is -2.13. The molecule has 0 fully saturated rings. The van der Waals surface area contributed by atoms with E-state index in [0.717, 1.165) is 22.6 Å². The van der Waals surface area contributed by atoms with Crippen LogP contribution in [0.25, 0.3) is 0 Å². The van der Waals surface area contributed by atoms with Gasteiger partial charge < -0.3 is 10.2 Å². The fraction of sp³-hybridized carbons (Fsp3) is 0.231. The zero-order chi connectivity index (χ0) is 13.7. The van der Waals surface area contributed by atoms with Crippen LogP contribution in [0.2, 0.25) is 0 Å². The number of nitrogens with one attached hydrogen (secondary N) is 1. The van der Waals surface area contributed by atoms with Gasteiger partial charge in [-0.1, -0.05) is 19.1 Å². The van der Waals surface area contributed by atoms with Crippen molar-refractivity contribution in [3.63, 3.8) is 0 Å². The number of anilines is 1. The highest BCUT2D eigenvalue weighted by atomic mass is 32.2. The summed E-state index contributed by atoms with van der Waals surface area (Å²) in [4.78, 5) is 9.33. The summed E-state index contributed by atoms with van der Waals surface area (Å²) in [6.07, 6.45) is 4.18. The zero-order valence-electron chi connectivity index (χ0n) is 10.9. The fourth-order valence-electron chi connectivity index (χ4n) is 1.73. The highest BCUT2D eigenvalue weighted by molar-refractivity contribution is 7.98. The van der Waals surface area contributed by atoms with Crippen LogP contribution < -0.4 is 16.0 Å². The van der Waals surface area contributed by atoms with Crippen LogP contribution in [0.3, 0.4) is 0 Å². The first-order chi connectivity index (χ1) is 9.30. The Morgan fingerprint density at radius 3 is 2.79 bits per heavy atom. The number of benzene rings is 1. The molecule has 0 aliphatic carbocycles. The zero-order valence-corrected chi connectivity index (χ0v) is 11.7. The van der Waals surface area contributed by atoms with Crippen molar-refractivity contribution in [2.45, 2.75) is 18.2 Å². The van der Waals surface area contributed by atoms with E-state index in [-0.39, 0.29) is 0 Å². The van der Waals surface area contributed by atoms with Crippen molar-refractivity contribution in [2.24, 2.45) is 5.84 Å². The number of rotatable bonds is 5. The second-order valence-corrected chi connectivity index (χ2v) is 4.60. The lowest BCUT2D eigenvalue weighted by Crippen LogP contribution is -2.12. The molecule has 100 valence electrons. The third-order valence-electron chi connectivity index (χ3n) is 2.67. The van der Waals surface area contributed by atoms with Crippen LogP contribution >= 0.6 is 11.8 Å². The average molecular weight is 276 g/mol. The van der Waals surface area contributed by atoms with E-state index in [2.05, 4.69) is 15.4 Å². The molecule has 6 heteroatoms. The van der Waals surface area contributed by atoms with Crippen molar-refractivity contribution in [3.8, 4) is 11.6 Å². The molecule has 0 aliphatic rings. The highest BCUT2D eigenvalue weighted by Crippen LogP contribution is 2.33. The largest absolute Gasteiger partial charge is 0.437 e. The Balaban J connectivity index is 2.38. The van der Waals surface area contributed by atoms with E-state index < -0.39 is 0 Å². The molecule has 0 atom stereocenters. The summed E-state index contributed by atoms with van der Waals surface area (Å²) in [6.45, 7) is 2.01. The number of nitrogens with two attached hydrogens (primary N) is 1. The number of thioether (sulfide) groups is 1. The van der Waals surface area contributed by atoms with E-state index in [9.17, 15) is 0 Å². The topological polar surface area (TPSA) is 73.1 Å². The summed E-state index contributed by atoms with van der Waals surface area (Å²) in [6, 6.07) is 7.84. The van der Waals surface area contributed by atoms with E-state index in [4.69, 9.17) is 10.6 Å². The summed E-state index contributed by atoms with van der Waals surface area (Å²) >= 11 is 1.63. The molecule has 1 aromatic heterocycles. The van der Waals surface area contributed by atoms with Crippen LogP contribution in [0.1, 0.15) is 12.5 Å². The Morgan fingerprint density at radius 2 is 2.11 bits per heavy atom. The lowest BCUT2D eigenvalue weighted by atomic mass is 10.2. The lowest BCUT2D eigenvalue weighted by molar-refractivity contribution is 0.445. The molecule has 19 heavy (non-hydrogen) atoms. The third kappa shape index (κ3) is 2.97. The summed E-state index contributed by atoms with van der Waals surface area (Å²) in [5.74, 6) is 7.35. The molecular formula is C13H16N4OS. The summed E-state index contributed by atoms with van der Waals surface area (Å²) < 4.78 is 5.90. The van der Waals surface area contributed by atoms with Crippen LogP contribution in [0.4, 0.5) is 5.82 Å². The van der Waals surface area contributed by atoms with Gasteiger partial charge in [0.15, 0.2) is 0 Å². The standard InChI is InChI=1S/C13H16N4OS/c1-3-9-12(17-14)15-8-16-13(9)18-10-6-4-5-7-11(10)19-2/h4-8H,3,14H2,1-2H3,(H,15,16,17). The van der Waals surface area contributed by atoms with Crippen molar-refractivity contribution in [3.05, 3.63) is 36.2 Å². The van der Waals surface area contributed by atoms with Gasteiger partial charge in [0.05, 0.1) is 5.56 Å². The Hall–Kier alpha value is -1.79. The smallest absolute Gasteiger partial charge is 0.227 e. The highest BCUT2D eigenvalue weighted by Gasteiger charge is 2.12. The molecule has 0 saturated carbocycles. The van der Waals surface area contributed by atoms with Gasteiger partial charge in [-0.25, -0.2) is 15.8 Å². The SMILES string of the molecule is CCc1c(NN)ncnc1Oc1ccccc1SC. The molecule has 0 aliphatic heterocycles. The Kier molecular flexibility index (Phi) is 4.59. The van der Waals surface area contributed by atoms with Crippen molar-refractivity contribution in [2.75, 3.05) is 11.7 Å². The quantitative estimate of drug-likeness (QED) is 0.497. The number of aromatic nitrogens is 2. The first-order valence-electron chi connectivity index (χ1n) is 5.91. The molecule has 0 bridgehead atoms. The molecule has 2 rings (SSSR count). The second kappa shape index (κ2) is 6.40. The Labute approximate surface area is 116 Å². The number of nitrogen functional groups attached to an aromatic ring is 1. The van der Waals surface area contributed by atoms with Gasteiger partial charge in [0.25, 0.3) is 0 Å². The first kappa shape index (κ1) is 13.6. The summed E-state index contributed by atoms with van der Waals surface area (Å²) in [7, 11) is 0. The molecule has 0 spiro atoms. The van der Waals surface area contributed by atoms with E-state index in [1.807, 2.05) is 37.4 Å². The molecule has 3 N–H and O–H groups in total. The van der Waals surface area contributed by atoms with Crippen LogP contribution in [-0.2, 0) is 6.42 Å². The van der Waals surface area contributed by atoms with Crippen molar-refractivity contribution < 1.29 is 4.74 Å². The van der Waals surface area contributed by atoms with Crippen molar-refractivity contribution in [1.29, 1.82) is 0 Å². The molecule has 0 unspecified atom stereocenters. The van der Waals surface area contributed by atoms with Crippen molar-refractivity contribution in [1.82, 2.24) is 9.97 Å². The molecule has 0 amide bonds. The average Bonchev–Trinajstić information content (AvgIpc) is 2.47. The van der Waals surface area contributed by atoms with Crippen LogP contribution in [-0.4, -0.2) is 16.2 Å². The predicted molar refractivity (Wildman–Crippen MR) is 77.5 cm³/mol. The van der Waals surface area contributed by atoms with E-state index >= 15 is 0 Å². The third-order valence-corrected chi connectivity index (χ3v) is 3.45. The van der Waals surface area contributed by atoms with Gasteiger partial charge in [0.1, 0.15) is 17.9 Å². The van der Waals surface area contributed by atoms with Crippen LogP contribution in [0.15, 0.2) is 35.5 Å². The number of hydrogen-bond donors (Lipinski definition) is 2. The van der Waals surface area contributed by atoms with Crippen LogP contribution in [0.5, 0.6) is 11.6 Å². The van der Waals surface area contributed by atoms with Gasteiger partial charge in [-0.2, -0.15) is 0 Å². The van der Waals surface area contributed by atoms with E-state index in [1.165, 1.54) is 6.33 Å². The minimum absolute atomic E-state index is 0.534.